The second-order valence-electron chi connectivity index (χ2n) is 7.14. The molecule has 146 valence electrons. The predicted molar refractivity (Wildman–Crippen MR) is 104 cm³/mol. The first-order valence-corrected chi connectivity index (χ1v) is 9.54. The number of piperazine rings is 1. The number of hydrogen-bond donors (Lipinski definition) is 2. The lowest BCUT2D eigenvalue weighted by Gasteiger charge is -2.37. The van der Waals surface area contributed by atoms with Crippen molar-refractivity contribution in [2.75, 3.05) is 26.7 Å². The number of Topliss-reactive ketones (excluding diaryl/α,β-unsaturated/α-hetero) is 1. The number of H-pyrrole nitrogens is 1. The van der Waals surface area contributed by atoms with Gasteiger partial charge in [0.05, 0.1) is 13.2 Å². The number of aryl methyl sites for hydroxylation is 1. The van der Waals surface area contributed by atoms with E-state index in [0.717, 1.165) is 12.0 Å². The molecule has 1 aliphatic heterocycles. The maximum absolute atomic E-state index is 13.3. The number of amides is 1. The molecule has 2 N–H and O–H groups in total. The monoisotopic (exact) mass is 381 g/mol. The Bertz CT molecular complexity index is 982. The summed E-state index contributed by atoms with van der Waals surface area (Å²) in [6.45, 7) is 1.67. The lowest BCUT2D eigenvalue weighted by atomic mass is 9.93. The molecule has 1 aromatic heterocycles. The van der Waals surface area contributed by atoms with Crippen molar-refractivity contribution < 1.29 is 14.3 Å². The Kier molecular flexibility index (Phi) is 5.00. The Labute approximate surface area is 162 Å². The van der Waals surface area contributed by atoms with E-state index in [4.69, 9.17) is 4.74 Å². The van der Waals surface area contributed by atoms with Gasteiger partial charge in [-0.05, 0) is 25.0 Å². The number of methoxy groups -OCH3 is 1. The zero-order valence-corrected chi connectivity index (χ0v) is 15.8. The Morgan fingerprint density at radius 3 is 2.86 bits per heavy atom. The fraction of sp³-hybridized carbons (Fsp3) is 0.381. The summed E-state index contributed by atoms with van der Waals surface area (Å²) >= 11 is 0. The number of aromatic nitrogens is 1. The van der Waals surface area contributed by atoms with E-state index in [0.29, 0.717) is 49.5 Å². The van der Waals surface area contributed by atoms with Gasteiger partial charge < -0.3 is 19.9 Å². The van der Waals surface area contributed by atoms with E-state index in [1.165, 1.54) is 6.07 Å². The van der Waals surface area contributed by atoms with Gasteiger partial charge >= 0.3 is 0 Å². The normalized spacial score (nSPS) is 19.2. The Morgan fingerprint density at radius 1 is 1.21 bits per heavy atom. The highest BCUT2D eigenvalue weighted by molar-refractivity contribution is 6.01. The molecule has 1 unspecified atom stereocenters. The number of fused-ring (bicyclic) bond motifs is 1. The molecule has 2 heterocycles. The van der Waals surface area contributed by atoms with Crippen LogP contribution in [0.1, 0.15) is 50.9 Å². The number of carbonyl (C=O) groups is 2. The third-order valence-electron chi connectivity index (χ3n) is 5.49. The van der Waals surface area contributed by atoms with Crippen LogP contribution in [0.3, 0.4) is 0 Å². The van der Waals surface area contributed by atoms with Gasteiger partial charge in [-0.3, -0.25) is 14.4 Å². The van der Waals surface area contributed by atoms with Crippen LogP contribution in [0, 0.1) is 0 Å². The molecule has 0 spiro atoms. The number of hydrogen-bond acceptors (Lipinski definition) is 5. The van der Waals surface area contributed by atoms with Crippen LogP contribution >= 0.6 is 0 Å². The molecule has 7 heteroatoms. The molecule has 4 rings (SSSR count). The number of nitrogens with zero attached hydrogens (tertiary/aromatic N) is 1. The highest BCUT2D eigenvalue weighted by atomic mass is 16.5. The molecule has 1 amide bonds. The molecular formula is C21H23N3O4. The lowest BCUT2D eigenvalue weighted by molar-refractivity contribution is 0.0629. The molecule has 1 aromatic carbocycles. The summed E-state index contributed by atoms with van der Waals surface area (Å²) in [6, 6.07) is 8.79. The van der Waals surface area contributed by atoms with Crippen molar-refractivity contribution in [2.45, 2.75) is 25.3 Å². The van der Waals surface area contributed by atoms with E-state index >= 15 is 0 Å². The molecule has 0 bridgehead atoms. The fourth-order valence-corrected chi connectivity index (χ4v) is 4.06. The Balaban J connectivity index is 1.73. The molecule has 1 fully saturated rings. The third-order valence-corrected chi connectivity index (χ3v) is 5.49. The molecule has 28 heavy (non-hydrogen) atoms. The molecule has 1 aliphatic carbocycles. The summed E-state index contributed by atoms with van der Waals surface area (Å²) in [5, 5.41) is 3.30. The number of benzene rings is 1. The standard InChI is InChI=1S/C21H23N3O4/c1-28-19-8-3-2-5-13(19)17-12-22-9-10-24(17)21(27)15-11-14-16(23-20(15)26)6-4-7-18(14)25/h2-3,5,8,11,17,22H,4,6-7,9-10,12H2,1H3,(H,23,26). The molecule has 2 aromatic rings. The van der Waals surface area contributed by atoms with Crippen molar-refractivity contribution in [1.82, 2.24) is 15.2 Å². The number of ether oxygens (including phenoxy) is 1. The van der Waals surface area contributed by atoms with E-state index in [9.17, 15) is 14.4 Å². The molecule has 0 saturated carbocycles. The molecular weight excluding hydrogens is 358 g/mol. The van der Waals surface area contributed by atoms with E-state index in [1.54, 1.807) is 12.0 Å². The van der Waals surface area contributed by atoms with Gasteiger partial charge in [0.15, 0.2) is 5.78 Å². The van der Waals surface area contributed by atoms with Crippen LogP contribution in [0.2, 0.25) is 0 Å². The van der Waals surface area contributed by atoms with Crippen molar-refractivity contribution in [3.05, 3.63) is 63.1 Å². The first-order chi connectivity index (χ1) is 13.6. The highest BCUT2D eigenvalue weighted by Gasteiger charge is 2.32. The number of ketones is 1. The number of rotatable bonds is 3. The smallest absolute Gasteiger partial charge is 0.261 e. The van der Waals surface area contributed by atoms with Crippen LogP contribution < -0.4 is 15.6 Å². The number of nitrogens with one attached hydrogen (secondary N) is 2. The van der Waals surface area contributed by atoms with Gasteiger partial charge in [0.25, 0.3) is 11.5 Å². The summed E-state index contributed by atoms with van der Waals surface area (Å²) in [5.41, 5.74) is 1.58. The van der Waals surface area contributed by atoms with Crippen LogP contribution in [-0.2, 0) is 6.42 Å². The van der Waals surface area contributed by atoms with E-state index in [2.05, 4.69) is 10.3 Å². The number of pyridine rings is 1. The summed E-state index contributed by atoms with van der Waals surface area (Å²) in [6.07, 6.45) is 1.83. The second kappa shape index (κ2) is 7.59. The minimum Gasteiger partial charge on any atom is -0.496 e. The van der Waals surface area contributed by atoms with Crippen molar-refractivity contribution in [3.63, 3.8) is 0 Å². The zero-order chi connectivity index (χ0) is 19.7. The van der Waals surface area contributed by atoms with Crippen molar-refractivity contribution in [1.29, 1.82) is 0 Å². The first kappa shape index (κ1) is 18.4. The number of aromatic amines is 1. The van der Waals surface area contributed by atoms with Gasteiger partial charge in [-0.2, -0.15) is 0 Å². The second-order valence-corrected chi connectivity index (χ2v) is 7.14. The summed E-state index contributed by atoms with van der Waals surface area (Å²) < 4.78 is 5.47. The summed E-state index contributed by atoms with van der Waals surface area (Å²) in [5.74, 6) is 0.316. The number of para-hydroxylation sites is 1. The zero-order valence-electron chi connectivity index (χ0n) is 15.8. The van der Waals surface area contributed by atoms with Crippen LogP contribution in [0.15, 0.2) is 35.1 Å². The van der Waals surface area contributed by atoms with Gasteiger partial charge in [0.2, 0.25) is 0 Å². The molecule has 2 aliphatic rings. The maximum atomic E-state index is 13.3. The molecule has 0 radical (unpaired) electrons. The molecule has 7 nitrogen and oxygen atoms in total. The van der Waals surface area contributed by atoms with Crippen molar-refractivity contribution in [2.24, 2.45) is 0 Å². The third kappa shape index (κ3) is 3.22. The van der Waals surface area contributed by atoms with Gasteiger partial charge in [-0.1, -0.05) is 18.2 Å². The van der Waals surface area contributed by atoms with Gasteiger partial charge in [-0.15, -0.1) is 0 Å². The van der Waals surface area contributed by atoms with Crippen LogP contribution in [0.4, 0.5) is 0 Å². The van der Waals surface area contributed by atoms with Crippen LogP contribution in [0.25, 0.3) is 0 Å². The van der Waals surface area contributed by atoms with Gasteiger partial charge in [0.1, 0.15) is 11.3 Å². The number of carbonyl (C=O) groups excluding carboxylic acids is 2. The van der Waals surface area contributed by atoms with E-state index in [-0.39, 0.29) is 23.3 Å². The maximum Gasteiger partial charge on any atom is 0.261 e. The van der Waals surface area contributed by atoms with Crippen molar-refractivity contribution in [3.8, 4) is 5.75 Å². The van der Waals surface area contributed by atoms with Crippen LogP contribution in [0.5, 0.6) is 5.75 Å². The minimum absolute atomic E-state index is 0.0202. The molecule has 1 saturated heterocycles. The predicted octanol–water partition coefficient (Wildman–Crippen LogP) is 1.69. The SMILES string of the molecule is COc1ccccc1C1CNCCN1C(=O)c1cc2c([nH]c1=O)CCCC2=O. The quantitative estimate of drug-likeness (QED) is 0.844. The van der Waals surface area contributed by atoms with Crippen molar-refractivity contribution >= 4 is 11.7 Å². The van der Waals surface area contributed by atoms with Gasteiger partial charge in [-0.25, -0.2) is 0 Å². The first-order valence-electron chi connectivity index (χ1n) is 9.54. The van der Waals surface area contributed by atoms with E-state index < -0.39 is 5.56 Å². The average molecular weight is 381 g/mol. The fourth-order valence-electron chi connectivity index (χ4n) is 4.06. The Morgan fingerprint density at radius 2 is 2.04 bits per heavy atom. The van der Waals surface area contributed by atoms with Crippen LogP contribution in [-0.4, -0.2) is 48.3 Å². The average Bonchev–Trinajstić information content (AvgIpc) is 2.73. The largest absolute Gasteiger partial charge is 0.496 e. The minimum atomic E-state index is -0.434. The highest BCUT2D eigenvalue weighted by Crippen LogP contribution is 2.31. The summed E-state index contributed by atoms with van der Waals surface area (Å²) in [4.78, 5) is 42.6. The summed E-state index contributed by atoms with van der Waals surface area (Å²) in [7, 11) is 1.60. The van der Waals surface area contributed by atoms with Gasteiger partial charge in [0, 0.05) is 42.9 Å². The van der Waals surface area contributed by atoms with E-state index in [1.807, 2.05) is 24.3 Å². The Hall–Kier alpha value is -2.93. The molecule has 1 atom stereocenters. The topological polar surface area (TPSA) is 91.5 Å². The lowest BCUT2D eigenvalue weighted by Crippen LogP contribution is -2.49.